The Bertz CT molecular complexity index is 899. The van der Waals surface area contributed by atoms with Crippen molar-refractivity contribution in [3.63, 3.8) is 0 Å². The Morgan fingerprint density at radius 2 is 1.79 bits per heavy atom. The van der Waals surface area contributed by atoms with Crippen LogP contribution in [-0.4, -0.2) is 19.5 Å². The van der Waals surface area contributed by atoms with Gasteiger partial charge in [0.2, 0.25) is 0 Å². The van der Waals surface area contributed by atoms with Gasteiger partial charge in [-0.25, -0.2) is 9.19 Å². The van der Waals surface area contributed by atoms with Crippen molar-refractivity contribution in [1.29, 1.82) is 0 Å². The number of nitrogens with zero attached hydrogens (tertiary/aromatic N) is 3. The van der Waals surface area contributed by atoms with Crippen LogP contribution in [-0.2, 0) is 18.0 Å². The predicted molar refractivity (Wildman–Crippen MR) is 97.9 cm³/mol. The summed E-state index contributed by atoms with van der Waals surface area (Å²) < 4.78 is 19.0. The van der Waals surface area contributed by atoms with E-state index in [1.807, 2.05) is 61.1 Å². The van der Waals surface area contributed by atoms with Crippen molar-refractivity contribution in [2.45, 2.75) is 11.8 Å². The molecule has 6 heteroatoms. The molecule has 122 valence electrons. The lowest BCUT2D eigenvalue weighted by Gasteiger charge is -2.07. The molecule has 0 aliphatic heterocycles. The van der Waals surface area contributed by atoms with Gasteiger partial charge in [-0.15, -0.1) is 0 Å². The van der Waals surface area contributed by atoms with Crippen LogP contribution in [0.3, 0.4) is 0 Å². The summed E-state index contributed by atoms with van der Waals surface area (Å²) in [5.74, 6) is 0.651. The molecule has 2 aromatic carbocycles. The van der Waals surface area contributed by atoms with Crippen molar-refractivity contribution in [2.75, 3.05) is 0 Å². The molecule has 0 amide bonds. The minimum absolute atomic E-state index is 0.568. The number of hydrogen-bond acceptors (Lipinski definition) is 2. The zero-order chi connectivity index (χ0) is 17.1. The van der Waals surface area contributed by atoms with Gasteiger partial charge in [0.05, 0.1) is 4.90 Å². The SMILES string of the molecule is Cc1ccc(S(=O)N=C(c2ccc(Cl)cc2)c2nccn2C)cc1. The third-order valence-electron chi connectivity index (χ3n) is 3.55. The summed E-state index contributed by atoms with van der Waals surface area (Å²) in [6.45, 7) is 1.99. The van der Waals surface area contributed by atoms with E-state index in [0.717, 1.165) is 11.1 Å². The van der Waals surface area contributed by atoms with E-state index in [0.29, 0.717) is 21.5 Å². The highest BCUT2D eigenvalue weighted by Crippen LogP contribution is 2.17. The molecule has 1 unspecified atom stereocenters. The first-order valence-electron chi connectivity index (χ1n) is 7.35. The summed E-state index contributed by atoms with van der Waals surface area (Å²) in [6, 6.07) is 14.8. The summed E-state index contributed by atoms with van der Waals surface area (Å²) in [5.41, 5.74) is 2.49. The van der Waals surface area contributed by atoms with E-state index >= 15 is 0 Å². The van der Waals surface area contributed by atoms with Crippen molar-refractivity contribution >= 4 is 28.3 Å². The molecule has 3 rings (SSSR count). The molecule has 0 aliphatic carbocycles. The number of aromatic nitrogens is 2. The van der Waals surface area contributed by atoms with Crippen LogP contribution in [0.4, 0.5) is 0 Å². The predicted octanol–water partition coefficient (Wildman–Crippen LogP) is 3.94. The van der Waals surface area contributed by atoms with Gasteiger partial charge in [-0.1, -0.05) is 41.4 Å². The molecule has 0 spiro atoms. The standard InChI is InChI=1S/C18H16ClN3OS/c1-13-3-9-16(10-4-13)24(23)21-17(18-20-11-12-22(18)2)14-5-7-15(19)8-6-14/h3-12H,1-2H3. The lowest BCUT2D eigenvalue weighted by atomic mass is 10.1. The number of hydrogen-bond donors (Lipinski definition) is 0. The second-order valence-electron chi connectivity index (χ2n) is 5.37. The molecule has 0 bridgehead atoms. The van der Waals surface area contributed by atoms with E-state index in [1.165, 1.54) is 0 Å². The van der Waals surface area contributed by atoms with E-state index in [-0.39, 0.29) is 0 Å². The van der Waals surface area contributed by atoms with Gasteiger partial charge >= 0.3 is 0 Å². The summed E-state index contributed by atoms with van der Waals surface area (Å²) in [6.07, 6.45) is 3.52. The monoisotopic (exact) mass is 357 g/mol. The molecular weight excluding hydrogens is 342 g/mol. The Kier molecular flexibility index (Phi) is 4.92. The van der Waals surface area contributed by atoms with Gasteiger partial charge < -0.3 is 4.57 Å². The van der Waals surface area contributed by atoms with E-state index in [9.17, 15) is 4.21 Å². The van der Waals surface area contributed by atoms with E-state index in [2.05, 4.69) is 9.38 Å². The fourth-order valence-corrected chi connectivity index (χ4v) is 3.17. The van der Waals surface area contributed by atoms with Crippen molar-refractivity contribution in [2.24, 2.45) is 11.4 Å². The largest absolute Gasteiger partial charge is 0.333 e. The van der Waals surface area contributed by atoms with Crippen LogP contribution in [0.1, 0.15) is 17.0 Å². The Labute approximate surface area is 148 Å². The quantitative estimate of drug-likeness (QED) is 0.664. The van der Waals surface area contributed by atoms with Gasteiger partial charge in [-0.05, 0) is 31.2 Å². The zero-order valence-corrected chi connectivity index (χ0v) is 14.9. The summed E-state index contributed by atoms with van der Waals surface area (Å²) in [5, 5.41) is 0.637. The van der Waals surface area contributed by atoms with E-state index in [1.54, 1.807) is 18.3 Å². The first-order chi connectivity index (χ1) is 11.5. The molecule has 0 aliphatic rings. The normalized spacial score (nSPS) is 13.0. The van der Waals surface area contributed by atoms with Crippen molar-refractivity contribution in [3.8, 4) is 0 Å². The number of imidazole rings is 1. The van der Waals surface area contributed by atoms with Crippen LogP contribution in [0.25, 0.3) is 0 Å². The van der Waals surface area contributed by atoms with Gasteiger partial charge in [-0.3, -0.25) is 0 Å². The molecule has 0 N–H and O–H groups in total. The zero-order valence-electron chi connectivity index (χ0n) is 13.3. The average molecular weight is 358 g/mol. The Hall–Kier alpha value is -2.24. The van der Waals surface area contributed by atoms with Gasteiger partial charge in [0.25, 0.3) is 0 Å². The lowest BCUT2D eigenvalue weighted by Crippen LogP contribution is -2.11. The van der Waals surface area contributed by atoms with Crippen LogP contribution in [0.15, 0.2) is 70.2 Å². The second kappa shape index (κ2) is 7.11. The Balaban J connectivity index is 2.07. The van der Waals surface area contributed by atoms with Crippen LogP contribution < -0.4 is 0 Å². The molecule has 0 radical (unpaired) electrons. The minimum Gasteiger partial charge on any atom is -0.333 e. The van der Waals surface area contributed by atoms with Crippen molar-refractivity contribution in [1.82, 2.24) is 9.55 Å². The first kappa shape index (κ1) is 16.6. The fourth-order valence-electron chi connectivity index (χ4n) is 2.21. The highest BCUT2D eigenvalue weighted by molar-refractivity contribution is 7.84. The van der Waals surface area contributed by atoms with E-state index in [4.69, 9.17) is 11.6 Å². The lowest BCUT2D eigenvalue weighted by molar-refractivity contribution is 0.684. The first-order valence-corrected chi connectivity index (χ1v) is 8.84. The van der Waals surface area contributed by atoms with Crippen LogP contribution in [0.5, 0.6) is 0 Å². The summed E-state index contributed by atoms with van der Waals surface area (Å²) >= 11 is 5.97. The smallest absolute Gasteiger partial charge is 0.173 e. The van der Waals surface area contributed by atoms with Crippen molar-refractivity contribution < 1.29 is 4.21 Å². The minimum atomic E-state index is -1.52. The highest BCUT2D eigenvalue weighted by atomic mass is 35.5. The van der Waals surface area contributed by atoms with Gasteiger partial charge in [0, 0.05) is 30.0 Å². The fraction of sp³-hybridized carbons (Fsp3) is 0.111. The highest BCUT2D eigenvalue weighted by Gasteiger charge is 2.14. The third-order valence-corrected chi connectivity index (χ3v) is 4.82. The molecule has 0 saturated heterocycles. The topological polar surface area (TPSA) is 47.2 Å². The summed E-state index contributed by atoms with van der Waals surface area (Å²) in [7, 11) is 0.359. The number of halogens is 1. The maximum Gasteiger partial charge on any atom is 0.173 e. The van der Waals surface area contributed by atoms with Gasteiger partial charge in [0.15, 0.2) is 16.8 Å². The molecular formula is C18H16ClN3OS. The molecule has 1 aromatic heterocycles. The number of rotatable bonds is 4. The molecule has 0 fully saturated rings. The number of aryl methyl sites for hydroxylation is 2. The molecule has 0 saturated carbocycles. The van der Waals surface area contributed by atoms with E-state index < -0.39 is 11.0 Å². The summed E-state index contributed by atoms with van der Waals surface area (Å²) in [4.78, 5) is 4.99. The van der Waals surface area contributed by atoms with Crippen molar-refractivity contribution in [3.05, 3.63) is 82.9 Å². The molecule has 3 aromatic rings. The van der Waals surface area contributed by atoms with Crippen LogP contribution in [0.2, 0.25) is 5.02 Å². The number of benzene rings is 2. The molecule has 4 nitrogen and oxygen atoms in total. The maximum absolute atomic E-state index is 12.7. The Morgan fingerprint density at radius 3 is 2.38 bits per heavy atom. The molecule has 1 atom stereocenters. The van der Waals surface area contributed by atoms with Gasteiger partial charge in [0.1, 0.15) is 5.71 Å². The third kappa shape index (κ3) is 3.63. The van der Waals surface area contributed by atoms with Crippen LogP contribution >= 0.6 is 11.6 Å². The van der Waals surface area contributed by atoms with Gasteiger partial charge in [-0.2, -0.15) is 4.40 Å². The van der Waals surface area contributed by atoms with Crippen LogP contribution in [0, 0.1) is 6.92 Å². The Morgan fingerprint density at radius 1 is 1.12 bits per heavy atom. The molecule has 1 heterocycles. The average Bonchev–Trinajstić information content (AvgIpc) is 3.00. The maximum atomic E-state index is 12.7. The second-order valence-corrected chi connectivity index (χ2v) is 6.96. The molecule has 24 heavy (non-hydrogen) atoms.